The fourth-order valence-electron chi connectivity index (χ4n) is 2.51. The number of para-hydroxylation sites is 1. The van der Waals surface area contributed by atoms with Crippen molar-refractivity contribution in [3.8, 4) is 11.5 Å². The predicted octanol–water partition coefficient (Wildman–Crippen LogP) is 5.38. The van der Waals surface area contributed by atoms with Crippen molar-refractivity contribution in [2.75, 3.05) is 13.2 Å². The highest BCUT2D eigenvalue weighted by Crippen LogP contribution is 2.21. The zero-order chi connectivity index (χ0) is 19.8. The van der Waals surface area contributed by atoms with Gasteiger partial charge in [0.15, 0.2) is 0 Å². The third kappa shape index (κ3) is 5.91. The minimum Gasteiger partial charge on any atom is -0.490 e. The fourth-order valence-corrected chi connectivity index (χ4v) is 2.98. The van der Waals surface area contributed by atoms with E-state index < -0.39 is 0 Å². The van der Waals surface area contributed by atoms with Crippen LogP contribution in [0.2, 0.25) is 10.0 Å². The van der Waals surface area contributed by atoms with E-state index in [1.807, 2.05) is 30.3 Å². The van der Waals surface area contributed by atoms with E-state index in [0.717, 1.165) is 11.3 Å². The van der Waals surface area contributed by atoms with Crippen molar-refractivity contribution in [3.63, 3.8) is 0 Å². The Morgan fingerprint density at radius 1 is 0.821 bits per heavy atom. The van der Waals surface area contributed by atoms with Crippen molar-refractivity contribution in [3.05, 3.63) is 94.0 Å². The maximum Gasteiger partial charge on any atom is 0.251 e. The molecule has 0 unspecified atom stereocenters. The first kappa shape index (κ1) is 20.1. The Balaban J connectivity index is 1.49. The number of ether oxygens (including phenoxy) is 2. The Bertz CT molecular complexity index is 932. The Morgan fingerprint density at radius 3 is 2.29 bits per heavy atom. The number of benzene rings is 3. The summed E-state index contributed by atoms with van der Waals surface area (Å²) in [5.74, 6) is 1.19. The van der Waals surface area contributed by atoms with Crippen molar-refractivity contribution >= 4 is 29.1 Å². The quantitative estimate of drug-likeness (QED) is 0.502. The van der Waals surface area contributed by atoms with Gasteiger partial charge in [-0.15, -0.1) is 0 Å². The number of nitrogens with one attached hydrogen (secondary N) is 1. The van der Waals surface area contributed by atoms with Gasteiger partial charge in [0.05, 0.1) is 0 Å². The van der Waals surface area contributed by atoms with E-state index in [9.17, 15) is 4.79 Å². The van der Waals surface area contributed by atoms with Gasteiger partial charge in [0, 0.05) is 22.2 Å². The third-order valence-corrected chi connectivity index (χ3v) is 4.50. The summed E-state index contributed by atoms with van der Waals surface area (Å²) in [4.78, 5) is 12.4. The molecule has 3 aromatic carbocycles. The number of rotatable bonds is 8. The van der Waals surface area contributed by atoms with Crippen molar-refractivity contribution in [2.24, 2.45) is 0 Å². The first-order chi connectivity index (χ1) is 13.6. The molecule has 6 heteroatoms. The van der Waals surface area contributed by atoms with E-state index in [1.54, 1.807) is 42.5 Å². The highest BCUT2D eigenvalue weighted by atomic mass is 35.5. The number of carbonyl (C=O) groups excluding carboxylic acids is 1. The molecule has 0 fully saturated rings. The molecule has 0 bridgehead atoms. The van der Waals surface area contributed by atoms with Gasteiger partial charge in [-0.05, 0) is 48.0 Å². The Morgan fingerprint density at radius 2 is 1.54 bits per heavy atom. The Hall–Kier alpha value is -2.69. The van der Waals surface area contributed by atoms with Gasteiger partial charge in [0.1, 0.15) is 24.7 Å². The first-order valence-electron chi connectivity index (χ1n) is 8.74. The smallest absolute Gasteiger partial charge is 0.251 e. The van der Waals surface area contributed by atoms with Gasteiger partial charge in [0.2, 0.25) is 0 Å². The number of hydrogen-bond donors (Lipinski definition) is 1. The average molecular weight is 416 g/mol. The van der Waals surface area contributed by atoms with E-state index in [1.165, 1.54) is 0 Å². The van der Waals surface area contributed by atoms with Crippen LogP contribution in [0.4, 0.5) is 0 Å². The van der Waals surface area contributed by atoms with Crippen LogP contribution in [0.1, 0.15) is 15.9 Å². The van der Waals surface area contributed by atoms with Gasteiger partial charge >= 0.3 is 0 Å². The second kappa shape index (κ2) is 10.0. The van der Waals surface area contributed by atoms with Gasteiger partial charge in [-0.1, -0.05) is 53.5 Å². The molecule has 0 aliphatic rings. The summed E-state index contributed by atoms with van der Waals surface area (Å²) in [7, 11) is 0. The molecule has 0 atom stereocenters. The average Bonchev–Trinajstić information content (AvgIpc) is 2.71. The van der Waals surface area contributed by atoms with Gasteiger partial charge < -0.3 is 14.8 Å². The van der Waals surface area contributed by atoms with Crippen LogP contribution in [0.25, 0.3) is 0 Å². The van der Waals surface area contributed by atoms with Crippen molar-refractivity contribution in [2.45, 2.75) is 6.54 Å². The number of halogens is 2. The monoisotopic (exact) mass is 415 g/mol. The van der Waals surface area contributed by atoms with E-state index >= 15 is 0 Å². The first-order valence-corrected chi connectivity index (χ1v) is 9.50. The molecule has 1 N–H and O–H groups in total. The molecule has 0 aliphatic heterocycles. The predicted molar refractivity (Wildman–Crippen MR) is 112 cm³/mol. The second-order valence-corrected chi connectivity index (χ2v) is 6.80. The minimum atomic E-state index is -0.211. The van der Waals surface area contributed by atoms with Gasteiger partial charge in [-0.25, -0.2) is 0 Å². The lowest BCUT2D eigenvalue weighted by molar-refractivity contribution is 0.0950. The summed E-state index contributed by atoms with van der Waals surface area (Å²) in [5.41, 5.74) is 1.30. The standard InChI is InChI=1S/C22H19Cl2NO3/c23-18-10-9-17(21(24)14-18)15-25-22(26)16-5-4-8-20(13-16)28-12-11-27-19-6-2-1-3-7-19/h1-10,13-14H,11-12,15H2,(H,25,26). The summed E-state index contributed by atoms with van der Waals surface area (Å²) in [6.45, 7) is 1.10. The molecule has 0 aliphatic carbocycles. The van der Waals surface area contributed by atoms with E-state index in [4.69, 9.17) is 32.7 Å². The highest BCUT2D eigenvalue weighted by molar-refractivity contribution is 6.35. The van der Waals surface area contributed by atoms with Crippen LogP contribution in [0, 0.1) is 0 Å². The largest absolute Gasteiger partial charge is 0.490 e. The number of amides is 1. The molecule has 0 radical (unpaired) electrons. The maximum absolute atomic E-state index is 12.4. The summed E-state index contributed by atoms with van der Waals surface area (Å²) < 4.78 is 11.3. The zero-order valence-corrected chi connectivity index (χ0v) is 16.5. The van der Waals surface area contributed by atoms with Crippen LogP contribution in [-0.2, 0) is 6.54 Å². The molecule has 28 heavy (non-hydrogen) atoms. The van der Waals surface area contributed by atoms with Crippen LogP contribution in [0.3, 0.4) is 0 Å². The van der Waals surface area contributed by atoms with E-state index in [-0.39, 0.29) is 5.91 Å². The topological polar surface area (TPSA) is 47.6 Å². The SMILES string of the molecule is O=C(NCc1ccc(Cl)cc1Cl)c1cccc(OCCOc2ccccc2)c1. The lowest BCUT2D eigenvalue weighted by Gasteiger charge is -2.10. The van der Waals surface area contributed by atoms with Gasteiger partial charge in [-0.2, -0.15) is 0 Å². The van der Waals surface area contributed by atoms with E-state index in [2.05, 4.69) is 5.32 Å². The zero-order valence-electron chi connectivity index (χ0n) is 15.0. The normalized spacial score (nSPS) is 10.4. The molecule has 144 valence electrons. The molecule has 0 saturated carbocycles. The highest BCUT2D eigenvalue weighted by Gasteiger charge is 2.08. The molecule has 0 aromatic heterocycles. The third-order valence-electron chi connectivity index (χ3n) is 3.91. The summed E-state index contributed by atoms with van der Waals surface area (Å²) in [5, 5.41) is 3.92. The Kier molecular flexibility index (Phi) is 7.18. The summed E-state index contributed by atoms with van der Waals surface area (Å²) >= 11 is 12.0. The molecular formula is C22H19Cl2NO3. The lowest BCUT2D eigenvalue weighted by atomic mass is 10.2. The van der Waals surface area contributed by atoms with Crippen LogP contribution < -0.4 is 14.8 Å². The molecule has 4 nitrogen and oxygen atoms in total. The van der Waals surface area contributed by atoms with Crippen LogP contribution in [0.15, 0.2) is 72.8 Å². The maximum atomic E-state index is 12.4. The Labute approximate surface area is 174 Å². The number of carbonyl (C=O) groups is 1. The van der Waals surface area contributed by atoms with Crippen LogP contribution >= 0.6 is 23.2 Å². The molecule has 0 saturated heterocycles. The molecule has 3 aromatic rings. The molecule has 0 heterocycles. The second-order valence-electron chi connectivity index (χ2n) is 5.96. The summed E-state index contributed by atoms with van der Waals surface area (Å²) in [6, 6.07) is 21.7. The molecule has 1 amide bonds. The van der Waals surface area contributed by atoms with Crippen molar-refractivity contribution in [1.82, 2.24) is 5.32 Å². The van der Waals surface area contributed by atoms with Gasteiger partial charge in [0.25, 0.3) is 5.91 Å². The summed E-state index contributed by atoms with van der Waals surface area (Å²) in [6.07, 6.45) is 0. The molecule has 3 rings (SSSR count). The number of hydrogen-bond acceptors (Lipinski definition) is 3. The van der Waals surface area contributed by atoms with Crippen molar-refractivity contribution in [1.29, 1.82) is 0 Å². The molecular weight excluding hydrogens is 397 g/mol. The van der Waals surface area contributed by atoms with Crippen molar-refractivity contribution < 1.29 is 14.3 Å². The van der Waals surface area contributed by atoms with Crippen LogP contribution in [-0.4, -0.2) is 19.1 Å². The molecule has 0 spiro atoms. The fraction of sp³-hybridized carbons (Fsp3) is 0.136. The van der Waals surface area contributed by atoms with E-state index in [0.29, 0.717) is 41.1 Å². The lowest BCUT2D eigenvalue weighted by Crippen LogP contribution is -2.23. The van der Waals surface area contributed by atoms with Crippen LogP contribution in [0.5, 0.6) is 11.5 Å². The minimum absolute atomic E-state index is 0.211. The van der Waals surface area contributed by atoms with Gasteiger partial charge in [-0.3, -0.25) is 4.79 Å².